The van der Waals surface area contributed by atoms with Crippen molar-refractivity contribution in [2.24, 2.45) is 5.73 Å². The Morgan fingerprint density at radius 1 is 1.44 bits per heavy atom. The van der Waals surface area contributed by atoms with Crippen LogP contribution in [0.25, 0.3) is 0 Å². The fraction of sp³-hybridized carbons (Fsp3) is 0.462. The maximum atomic E-state index is 11.7. The topological polar surface area (TPSA) is 67.2 Å². The van der Waals surface area contributed by atoms with E-state index in [2.05, 4.69) is 26.6 Å². The van der Waals surface area contributed by atoms with Gasteiger partial charge in [-0.2, -0.15) is 0 Å². The van der Waals surface area contributed by atoms with Crippen LogP contribution in [0.4, 0.5) is 5.69 Å². The van der Waals surface area contributed by atoms with Gasteiger partial charge in [-0.3, -0.25) is 4.79 Å². The lowest BCUT2D eigenvalue weighted by molar-refractivity contribution is -0.121. The molecule has 0 saturated heterocycles. The highest BCUT2D eigenvalue weighted by Gasteiger charge is 2.12. The first-order chi connectivity index (χ1) is 8.51. The molecule has 0 spiro atoms. The Hall–Kier alpha value is -1.07. The fourth-order valence-electron chi connectivity index (χ4n) is 1.61. The standard InChI is InChI=1S/C13H20BrN3O/c1-9(2)16-13(18)7-12(8-15)17-11-5-3-4-10(14)6-11/h3-6,9,12,17H,7-8,15H2,1-2H3,(H,16,18). The van der Waals surface area contributed by atoms with Crippen molar-refractivity contribution < 1.29 is 4.79 Å². The lowest BCUT2D eigenvalue weighted by atomic mass is 10.1. The normalized spacial score (nSPS) is 12.3. The molecule has 1 rings (SSSR count). The van der Waals surface area contributed by atoms with E-state index >= 15 is 0 Å². The summed E-state index contributed by atoms with van der Waals surface area (Å²) in [4.78, 5) is 11.7. The molecule has 1 aromatic rings. The van der Waals surface area contributed by atoms with Crippen LogP contribution in [0.3, 0.4) is 0 Å². The predicted molar refractivity (Wildman–Crippen MR) is 78.5 cm³/mol. The van der Waals surface area contributed by atoms with Crippen LogP contribution in [-0.2, 0) is 4.79 Å². The van der Waals surface area contributed by atoms with Crippen molar-refractivity contribution in [3.63, 3.8) is 0 Å². The van der Waals surface area contributed by atoms with E-state index in [9.17, 15) is 4.79 Å². The summed E-state index contributed by atoms with van der Waals surface area (Å²) < 4.78 is 0.995. The van der Waals surface area contributed by atoms with Crippen LogP contribution in [0.15, 0.2) is 28.7 Å². The van der Waals surface area contributed by atoms with E-state index in [0.717, 1.165) is 10.2 Å². The Balaban J connectivity index is 2.54. The Labute approximate surface area is 116 Å². The van der Waals surface area contributed by atoms with Crippen molar-refractivity contribution in [1.29, 1.82) is 0 Å². The summed E-state index contributed by atoms with van der Waals surface area (Å²) in [6.07, 6.45) is 0.376. The summed E-state index contributed by atoms with van der Waals surface area (Å²) >= 11 is 3.41. The van der Waals surface area contributed by atoms with Gasteiger partial charge in [-0.25, -0.2) is 0 Å². The van der Waals surface area contributed by atoms with E-state index in [1.54, 1.807) is 0 Å². The minimum atomic E-state index is -0.0574. The highest BCUT2D eigenvalue weighted by Crippen LogP contribution is 2.16. The maximum Gasteiger partial charge on any atom is 0.222 e. The second-order valence-electron chi connectivity index (χ2n) is 4.51. The van der Waals surface area contributed by atoms with Gasteiger partial charge in [0.2, 0.25) is 5.91 Å². The van der Waals surface area contributed by atoms with Crippen molar-refractivity contribution in [2.45, 2.75) is 32.4 Å². The van der Waals surface area contributed by atoms with Crippen molar-refractivity contribution >= 4 is 27.5 Å². The van der Waals surface area contributed by atoms with E-state index < -0.39 is 0 Å². The Morgan fingerprint density at radius 3 is 2.72 bits per heavy atom. The third-order valence-corrected chi connectivity index (χ3v) is 2.85. The van der Waals surface area contributed by atoms with Gasteiger partial charge in [0.1, 0.15) is 0 Å². The SMILES string of the molecule is CC(C)NC(=O)CC(CN)Nc1cccc(Br)c1. The smallest absolute Gasteiger partial charge is 0.222 e. The first-order valence-corrected chi connectivity index (χ1v) is 6.82. The predicted octanol–water partition coefficient (Wildman–Crippen LogP) is 2.10. The first-order valence-electron chi connectivity index (χ1n) is 6.02. The molecule has 0 bridgehead atoms. The lowest BCUT2D eigenvalue weighted by Crippen LogP contribution is -2.38. The van der Waals surface area contributed by atoms with Crippen LogP contribution in [0, 0.1) is 0 Å². The zero-order valence-electron chi connectivity index (χ0n) is 10.7. The molecule has 0 fully saturated rings. The van der Waals surface area contributed by atoms with Gasteiger partial charge in [0.15, 0.2) is 0 Å². The summed E-state index contributed by atoms with van der Waals surface area (Å²) in [5.41, 5.74) is 6.64. The second kappa shape index (κ2) is 7.38. The summed E-state index contributed by atoms with van der Waals surface area (Å²) in [5.74, 6) is 0.0166. The lowest BCUT2D eigenvalue weighted by Gasteiger charge is -2.18. The van der Waals surface area contributed by atoms with Crippen LogP contribution in [0.5, 0.6) is 0 Å². The number of hydrogen-bond donors (Lipinski definition) is 3. The molecule has 1 unspecified atom stereocenters. The van der Waals surface area contributed by atoms with Crippen LogP contribution in [0.1, 0.15) is 20.3 Å². The minimum Gasteiger partial charge on any atom is -0.380 e. The molecule has 5 heteroatoms. The zero-order valence-corrected chi connectivity index (χ0v) is 12.3. The number of carbonyl (C=O) groups is 1. The number of anilines is 1. The monoisotopic (exact) mass is 313 g/mol. The Kier molecular flexibility index (Phi) is 6.15. The molecule has 4 nitrogen and oxygen atoms in total. The number of hydrogen-bond acceptors (Lipinski definition) is 3. The summed E-state index contributed by atoms with van der Waals surface area (Å²) in [6.45, 7) is 4.30. The van der Waals surface area contributed by atoms with E-state index in [1.165, 1.54) is 0 Å². The fourth-order valence-corrected chi connectivity index (χ4v) is 2.01. The molecule has 100 valence electrons. The molecular weight excluding hydrogens is 294 g/mol. The minimum absolute atomic E-state index is 0.0166. The summed E-state index contributed by atoms with van der Waals surface area (Å²) in [5, 5.41) is 6.12. The number of carbonyl (C=O) groups excluding carboxylic acids is 1. The van der Waals surface area contributed by atoms with Crippen LogP contribution in [-0.4, -0.2) is 24.5 Å². The van der Waals surface area contributed by atoms with Gasteiger partial charge >= 0.3 is 0 Å². The van der Waals surface area contributed by atoms with Gasteiger partial charge < -0.3 is 16.4 Å². The van der Waals surface area contributed by atoms with Crippen molar-refractivity contribution in [2.75, 3.05) is 11.9 Å². The largest absolute Gasteiger partial charge is 0.380 e. The average Bonchev–Trinajstić information content (AvgIpc) is 2.27. The molecular formula is C13H20BrN3O. The molecule has 0 aliphatic rings. The number of halogens is 1. The number of amides is 1. The van der Waals surface area contributed by atoms with Crippen molar-refractivity contribution in [3.8, 4) is 0 Å². The Morgan fingerprint density at radius 2 is 2.17 bits per heavy atom. The summed E-state index contributed by atoms with van der Waals surface area (Å²) in [7, 11) is 0. The molecule has 1 amide bonds. The van der Waals surface area contributed by atoms with Crippen LogP contribution >= 0.6 is 15.9 Å². The molecule has 0 heterocycles. The molecule has 1 atom stereocenters. The molecule has 1 aromatic carbocycles. The maximum absolute atomic E-state index is 11.7. The van der Waals surface area contributed by atoms with Crippen molar-refractivity contribution in [3.05, 3.63) is 28.7 Å². The van der Waals surface area contributed by atoms with Gasteiger partial charge in [-0.1, -0.05) is 22.0 Å². The highest BCUT2D eigenvalue weighted by atomic mass is 79.9. The van der Waals surface area contributed by atoms with E-state index in [0.29, 0.717) is 13.0 Å². The second-order valence-corrected chi connectivity index (χ2v) is 5.43. The third kappa shape index (κ3) is 5.51. The van der Waals surface area contributed by atoms with E-state index in [-0.39, 0.29) is 18.0 Å². The molecule has 4 N–H and O–H groups in total. The molecule has 18 heavy (non-hydrogen) atoms. The van der Waals surface area contributed by atoms with Crippen LogP contribution in [0.2, 0.25) is 0 Å². The van der Waals surface area contributed by atoms with Gasteiger partial charge in [0, 0.05) is 35.2 Å². The van der Waals surface area contributed by atoms with Crippen molar-refractivity contribution in [1.82, 2.24) is 5.32 Å². The number of rotatable bonds is 6. The van der Waals surface area contributed by atoms with E-state index in [4.69, 9.17) is 5.73 Å². The van der Waals surface area contributed by atoms with Gasteiger partial charge in [0.25, 0.3) is 0 Å². The molecule has 0 aliphatic carbocycles. The molecule has 0 radical (unpaired) electrons. The Bertz CT molecular complexity index is 396. The number of benzene rings is 1. The molecule has 0 saturated carbocycles. The quantitative estimate of drug-likeness (QED) is 0.753. The third-order valence-electron chi connectivity index (χ3n) is 2.36. The number of nitrogens with two attached hydrogens (primary N) is 1. The van der Waals surface area contributed by atoms with E-state index in [1.807, 2.05) is 38.1 Å². The van der Waals surface area contributed by atoms with Crippen LogP contribution < -0.4 is 16.4 Å². The molecule has 0 aliphatic heterocycles. The first kappa shape index (κ1) is 15.0. The highest BCUT2D eigenvalue weighted by molar-refractivity contribution is 9.10. The summed E-state index contributed by atoms with van der Waals surface area (Å²) in [6, 6.07) is 7.90. The van der Waals surface area contributed by atoms with Gasteiger partial charge in [-0.05, 0) is 32.0 Å². The van der Waals surface area contributed by atoms with Gasteiger partial charge in [0.05, 0.1) is 0 Å². The average molecular weight is 314 g/mol. The van der Waals surface area contributed by atoms with Gasteiger partial charge in [-0.15, -0.1) is 0 Å². The number of nitrogens with one attached hydrogen (secondary N) is 2. The zero-order chi connectivity index (χ0) is 13.5. The molecule has 0 aromatic heterocycles.